The number of carbonyl (C=O) groups is 1. The van der Waals surface area contributed by atoms with Gasteiger partial charge in [-0.3, -0.25) is 9.36 Å². The van der Waals surface area contributed by atoms with E-state index >= 15 is 0 Å². The van der Waals surface area contributed by atoms with Crippen LogP contribution in [0.25, 0.3) is 5.69 Å². The highest BCUT2D eigenvalue weighted by Crippen LogP contribution is 2.15. The number of hydrogen-bond acceptors (Lipinski definition) is 6. The summed E-state index contributed by atoms with van der Waals surface area (Å²) in [6.07, 6.45) is 4.11. The Morgan fingerprint density at radius 3 is 2.36 bits per heavy atom. The molecule has 0 N–H and O–H groups in total. The minimum Gasteiger partial charge on any atom is -0.349 e. The second kappa shape index (κ2) is 8.19. The fraction of sp³-hybridized carbons (Fsp3) is 0.389. The van der Waals surface area contributed by atoms with Crippen molar-refractivity contribution in [3.63, 3.8) is 0 Å². The fourth-order valence-electron chi connectivity index (χ4n) is 3.09. The number of hydrogen-bond donors (Lipinski definition) is 0. The summed E-state index contributed by atoms with van der Waals surface area (Å²) in [5.41, 5.74) is 0.656. The maximum atomic E-state index is 13.3. The summed E-state index contributed by atoms with van der Waals surface area (Å²) in [4.78, 5) is 29.9. The first-order chi connectivity index (χ1) is 13.3. The standard InChI is InChI=1S/C18H21FN4O4S/c1-28(26,27)22-10-8-21(9-11-22)17-18(25)23(13-15(20-17)3-2-12-24)16-6-4-14(19)5-7-16/h4-7,12-13H,2-3,8-11H2,1H3. The van der Waals surface area contributed by atoms with Gasteiger partial charge in [-0.15, -0.1) is 0 Å². The Kier molecular flexibility index (Phi) is 5.90. The van der Waals surface area contributed by atoms with Crippen molar-refractivity contribution in [2.45, 2.75) is 12.8 Å². The highest BCUT2D eigenvalue weighted by molar-refractivity contribution is 7.88. The molecule has 28 heavy (non-hydrogen) atoms. The van der Waals surface area contributed by atoms with E-state index in [1.165, 1.54) is 33.1 Å². The molecule has 2 heterocycles. The van der Waals surface area contributed by atoms with Crippen LogP contribution in [0.1, 0.15) is 12.1 Å². The van der Waals surface area contributed by atoms with E-state index in [1.807, 2.05) is 0 Å². The van der Waals surface area contributed by atoms with E-state index in [0.717, 1.165) is 12.5 Å². The van der Waals surface area contributed by atoms with Gasteiger partial charge in [-0.1, -0.05) is 0 Å². The maximum absolute atomic E-state index is 13.3. The van der Waals surface area contributed by atoms with Gasteiger partial charge in [-0.2, -0.15) is 4.31 Å². The molecule has 0 amide bonds. The summed E-state index contributed by atoms with van der Waals surface area (Å²) in [6, 6.07) is 5.51. The van der Waals surface area contributed by atoms with Gasteiger partial charge in [-0.25, -0.2) is 17.8 Å². The van der Waals surface area contributed by atoms with Gasteiger partial charge in [-0.05, 0) is 30.7 Å². The summed E-state index contributed by atoms with van der Waals surface area (Å²) in [5.74, 6) is -0.218. The zero-order valence-corrected chi connectivity index (χ0v) is 16.2. The Balaban J connectivity index is 1.98. The molecular weight excluding hydrogens is 387 g/mol. The third-order valence-electron chi connectivity index (χ3n) is 4.57. The number of aromatic nitrogens is 2. The van der Waals surface area contributed by atoms with E-state index in [1.54, 1.807) is 11.1 Å². The predicted molar refractivity (Wildman–Crippen MR) is 103 cm³/mol. The Morgan fingerprint density at radius 2 is 1.79 bits per heavy atom. The molecule has 0 bridgehead atoms. The van der Waals surface area contributed by atoms with E-state index in [0.29, 0.717) is 30.9 Å². The van der Waals surface area contributed by atoms with Crippen molar-refractivity contribution in [2.75, 3.05) is 37.3 Å². The number of benzene rings is 1. The van der Waals surface area contributed by atoms with Crippen LogP contribution in [0.5, 0.6) is 0 Å². The number of piperazine rings is 1. The lowest BCUT2D eigenvalue weighted by molar-refractivity contribution is -0.107. The zero-order valence-electron chi connectivity index (χ0n) is 15.4. The molecule has 0 saturated carbocycles. The number of sulfonamides is 1. The molecular formula is C18H21FN4O4S. The smallest absolute Gasteiger partial charge is 0.298 e. The minimum atomic E-state index is -3.29. The number of nitrogens with zero attached hydrogens (tertiary/aromatic N) is 4. The van der Waals surface area contributed by atoms with Crippen molar-refractivity contribution in [1.29, 1.82) is 0 Å². The Morgan fingerprint density at radius 1 is 1.14 bits per heavy atom. The molecule has 0 unspecified atom stereocenters. The van der Waals surface area contributed by atoms with Gasteiger partial charge in [0.05, 0.1) is 11.9 Å². The lowest BCUT2D eigenvalue weighted by atomic mass is 10.2. The molecule has 0 atom stereocenters. The van der Waals surface area contributed by atoms with Crippen molar-refractivity contribution >= 4 is 22.1 Å². The summed E-state index contributed by atoms with van der Waals surface area (Å²) in [5, 5.41) is 0. The third kappa shape index (κ3) is 4.45. The number of carbonyl (C=O) groups excluding carboxylic acids is 1. The molecule has 0 radical (unpaired) electrons. The van der Waals surface area contributed by atoms with Crippen molar-refractivity contribution < 1.29 is 17.6 Å². The van der Waals surface area contributed by atoms with E-state index in [-0.39, 0.29) is 30.9 Å². The minimum absolute atomic E-state index is 0.195. The van der Waals surface area contributed by atoms with E-state index in [9.17, 15) is 22.4 Å². The van der Waals surface area contributed by atoms with Gasteiger partial charge in [0, 0.05) is 44.5 Å². The average Bonchev–Trinajstić information content (AvgIpc) is 2.67. The van der Waals surface area contributed by atoms with Crippen LogP contribution in [0.2, 0.25) is 0 Å². The lowest BCUT2D eigenvalue weighted by Crippen LogP contribution is -2.50. The molecule has 1 aliphatic heterocycles. The van der Waals surface area contributed by atoms with Crippen LogP contribution in [0.3, 0.4) is 0 Å². The Labute approximate surface area is 162 Å². The second-order valence-corrected chi connectivity index (χ2v) is 8.54. The number of aldehydes is 1. The first kappa shape index (κ1) is 20.2. The van der Waals surface area contributed by atoms with Gasteiger partial charge in [0.1, 0.15) is 12.1 Å². The van der Waals surface area contributed by atoms with E-state index in [4.69, 9.17) is 0 Å². The summed E-state index contributed by atoms with van der Waals surface area (Å²) in [6.45, 7) is 1.18. The van der Waals surface area contributed by atoms with Crippen LogP contribution in [-0.4, -0.2) is 61.0 Å². The van der Waals surface area contributed by atoms with Gasteiger partial charge < -0.3 is 9.69 Å². The molecule has 1 aliphatic rings. The van der Waals surface area contributed by atoms with Crippen LogP contribution in [0.15, 0.2) is 35.3 Å². The molecule has 150 valence electrons. The van der Waals surface area contributed by atoms with Crippen molar-refractivity contribution in [3.05, 3.63) is 52.3 Å². The van der Waals surface area contributed by atoms with Gasteiger partial charge >= 0.3 is 0 Å². The molecule has 10 heteroatoms. The van der Waals surface area contributed by atoms with Gasteiger partial charge in [0.25, 0.3) is 5.56 Å². The largest absolute Gasteiger partial charge is 0.349 e. The highest BCUT2D eigenvalue weighted by Gasteiger charge is 2.26. The molecule has 1 fully saturated rings. The topological polar surface area (TPSA) is 92.6 Å². The van der Waals surface area contributed by atoms with Crippen molar-refractivity contribution in [2.24, 2.45) is 0 Å². The zero-order chi connectivity index (χ0) is 20.3. The van der Waals surface area contributed by atoms with Crippen LogP contribution < -0.4 is 10.5 Å². The number of halogens is 1. The van der Waals surface area contributed by atoms with Gasteiger partial charge in [0.2, 0.25) is 10.0 Å². The fourth-order valence-corrected chi connectivity index (χ4v) is 3.91. The first-order valence-electron chi connectivity index (χ1n) is 8.82. The lowest BCUT2D eigenvalue weighted by Gasteiger charge is -2.33. The molecule has 1 aromatic carbocycles. The van der Waals surface area contributed by atoms with Crippen molar-refractivity contribution in [1.82, 2.24) is 13.9 Å². The van der Waals surface area contributed by atoms with Crippen LogP contribution in [-0.2, 0) is 21.2 Å². The summed E-state index contributed by atoms with van der Waals surface area (Å²) < 4.78 is 39.4. The number of rotatable bonds is 6. The van der Waals surface area contributed by atoms with E-state index in [2.05, 4.69) is 4.98 Å². The third-order valence-corrected chi connectivity index (χ3v) is 5.87. The molecule has 8 nitrogen and oxygen atoms in total. The maximum Gasteiger partial charge on any atom is 0.298 e. The summed E-state index contributed by atoms with van der Waals surface area (Å²) in [7, 11) is -3.29. The monoisotopic (exact) mass is 408 g/mol. The molecule has 3 rings (SSSR count). The first-order valence-corrected chi connectivity index (χ1v) is 10.7. The Hall–Kier alpha value is -2.59. The molecule has 0 aliphatic carbocycles. The molecule has 1 aromatic heterocycles. The summed E-state index contributed by atoms with van der Waals surface area (Å²) >= 11 is 0. The van der Waals surface area contributed by atoms with E-state index < -0.39 is 15.8 Å². The molecule has 0 spiro atoms. The molecule has 1 saturated heterocycles. The van der Waals surface area contributed by atoms with Crippen LogP contribution in [0.4, 0.5) is 10.2 Å². The quantitative estimate of drug-likeness (QED) is 0.650. The van der Waals surface area contributed by atoms with Crippen molar-refractivity contribution in [3.8, 4) is 5.69 Å². The number of anilines is 1. The molecule has 2 aromatic rings. The van der Waals surface area contributed by atoms with Gasteiger partial charge in [0.15, 0.2) is 5.82 Å². The van der Waals surface area contributed by atoms with Crippen LogP contribution in [0, 0.1) is 5.82 Å². The average molecular weight is 408 g/mol. The highest BCUT2D eigenvalue weighted by atomic mass is 32.2. The Bertz CT molecular complexity index is 1010. The predicted octanol–water partition coefficient (Wildman–Crippen LogP) is 0.585. The normalized spacial score (nSPS) is 15.6. The second-order valence-electron chi connectivity index (χ2n) is 6.56. The SMILES string of the molecule is CS(=O)(=O)N1CCN(c2nc(CCC=O)cn(-c3ccc(F)cc3)c2=O)CC1. The number of aryl methyl sites for hydroxylation is 1. The van der Waals surface area contributed by atoms with Crippen LogP contribution >= 0.6 is 0 Å².